The molecular formula is C19H19NO. The zero-order valence-electron chi connectivity index (χ0n) is 12.0. The molecule has 1 aromatic heterocycles. The molecule has 0 saturated carbocycles. The van der Waals surface area contributed by atoms with Crippen molar-refractivity contribution in [2.75, 3.05) is 0 Å². The van der Waals surface area contributed by atoms with Crippen LogP contribution in [-0.2, 0) is 19.6 Å². The summed E-state index contributed by atoms with van der Waals surface area (Å²) in [6.45, 7) is 2.75. The van der Waals surface area contributed by atoms with Crippen molar-refractivity contribution in [3.63, 3.8) is 0 Å². The fourth-order valence-electron chi connectivity index (χ4n) is 2.49. The molecule has 3 rings (SSSR count). The van der Waals surface area contributed by atoms with Crippen molar-refractivity contribution in [3.8, 4) is 0 Å². The van der Waals surface area contributed by atoms with Gasteiger partial charge in [0.2, 0.25) is 0 Å². The molecule has 2 heteroatoms. The van der Waals surface area contributed by atoms with Crippen molar-refractivity contribution >= 4 is 0 Å². The SMILES string of the molecule is c1ccc(CN(Cc2ccccc2)Cc2ccoc2)cc1. The van der Waals surface area contributed by atoms with Crippen LogP contribution < -0.4 is 0 Å². The lowest BCUT2D eigenvalue weighted by Crippen LogP contribution is -2.22. The van der Waals surface area contributed by atoms with E-state index in [1.807, 2.05) is 12.3 Å². The van der Waals surface area contributed by atoms with Crippen molar-refractivity contribution < 1.29 is 4.42 Å². The lowest BCUT2D eigenvalue weighted by Gasteiger charge is -2.22. The average Bonchev–Trinajstić information content (AvgIpc) is 3.02. The topological polar surface area (TPSA) is 16.4 Å². The summed E-state index contributed by atoms with van der Waals surface area (Å²) in [4.78, 5) is 2.43. The molecule has 0 fully saturated rings. The molecule has 0 amide bonds. The Morgan fingerprint density at radius 3 is 1.62 bits per heavy atom. The van der Waals surface area contributed by atoms with E-state index < -0.39 is 0 Å². The molecule has 3 aromatic rings. The minimum atomic E-state index is 0.889. The van der Waals surface area contributed by atoms with Crippen molar-refractivity contribution in [1.29, 1.82) is 0 Å². The summed E-state index contributed by atoms with van der Waals surface area (Å²) in [6.07, 6.45) is 3.56. The largest absolute Gasteiger partial charge is 0.472 e. The van der Waals surface area contributed by atoms with Gasteiger partial charge in [0, 0.05) is 25.2 Å². The van der Waals surface area contributed by atoms with Crippen LogP contribution in [0.3, 0.4) is 0 Å². The second-order valence-electron chi connectivity index (χ2n) is 5.25. The summed E-state index contributed by atoms with van der Waals surface area (Å²) in [5.74, 6) is 0. The maximum absolute atomic E-state index is 5.19. The summed E-state index contributed by atoms with van der Waals surface area (Å²) in [5.41, 5.74) is 3.87. The smallest absolute Gasteiger partial charge is 0.0947 e. The molecule has 0 bridgehead atoms. The second-order valence-corrected chi connectivity index (χ2v) is 5.25. The minimum absolute atomic E-state index is 0.889. The van der Waals surface area contributed by atoms with Crippen LogP contribution in [0.1, 0.15) is 16.7 Å². The molecule has 106 valence electrons. The molecule has 2 aromatic carbocycles. The molecule has 1 heterocycles. The standard InChI is InChI=1S/C19H19NO/c1-3-7-17(8-4-1)13-20(15-19-11-12-21-16-19)14-18-9-5-2-6-10-18/h1-12,16H,13-15H2. The molecule has 2 nitrogen and oxygen atoms in total. The number of hydrogen-bond acceptors (Lipinski definition) is 2. The van der Waals surface area contributed by atoms with E-state index in [-0.39, 0.29) is 0 Å². The maximum Gasteiger partial charge on any atom is 0.0947 e. The highest BCUT2D eigenvalue weighted by molar-refractivity contribution is 5.17. The van der Waals surface area contributed by atoms with Crippen LogP contribution in [0.25, 0.3) is 0 Å². The molecule has 0 aliphatic rings. The molecule has 0 N–H and O–H groups in total. The third-order valence-electron chi connectivity index (χ3n) is 3.48. The van der Waals surface area contributed by atoms with Gasteiger partial charge in [0.05, 0.1) is 12.5 Å². The first-order chi connectivity index (χ1) is 10.4. The highest BCUT2D eigenvalue weighted by atomic mass is 16.3. The highest BCUT2D eigenvalue weighted by Crippen LogP contribution is 2.14. The molecular weight excluding hydrogens is 258 g/mol. The van der Waals surface area contributed by atoms with Crippen molar-refractivity contribution in [1.82, 2.24) is 4.90 Å². The predicted octanol–water partition coefficient (Wildman–Crippen LogP) is 4.48. The second kappa shape index (κ2) is 6.91. The Labute approximate surface area is 125 Å². The first-order valence-electron chi connectivity index (χ1n) is 7.21. The van der Waals surface area contributed by atoms with E-state index in [1.165, 1.54) is 16.7 Å². The normalized spacial score (nSPS) is 10.9. The van der Waals surface area contributed by atoms with Gasteiger partial charge in [-0.15, -0.1) is 0 Å². The first-order valence-corrected chi connectivity index (χ1v) is 7.21. The predicted molar refractivity (Wildman–Crippen MR) is 84.5 cm³/mol. The van der Waals surface area contributed by atoms with Gasteiger partial charge in [-0.2, -0.15) is 0 Å². The van der Waals surface area contributed by atoms with Gasteiger partial charge < -0.3 is 4.42 Å². The summed E-state index contributed by atoms with van der Waals surface area (Å²) in [6, 6.07) is 23.2. The van der Waals surface area contributed by atoms with Gasteiger partial charge in [0.1, 0.15) is 0 Å². The molecule has 0 atom stereocenters. The number of furan rings is 1. The van der Waals surface area contributed by atoms with E-state index in [0.29, 0.717) is 0 Å². The average molecular weight is 277 g/mol. The summed E-state index contributed by atoms with van der Waals surface area (Å²) in [5, 5.41) is 0. The van der Waals surface area contributed by atoms with Gasteiger partial charge in [-0.05, 0) is 17.2 Å². The summed E-state index contributed by atoms with van der Waals surface area (Å²) < 4.78 is 5.19. The molecule has 0 spiro atoms. The van der Waals surface area contributed by atoms with Crippen LogP contribution >= 0.6 is 0 Å². The summed E-state index contributed by atoms with van der Waals surface area (Å²) >= 11 is 0. The monoisotopic (exact) mass is 277 g/mol. The fourth-order valence-corrected chi connectivity index (χ4v) is 2.49. The van der Waals surface area contributed by atoms with Gasteiger partial charge in [0.15, 0.2) is 0 Å². The van der Waals surface area contributed by atoms with Crippen molar-refractivity contribution in [3.05, 3.63) is 95.9 Å². The van der Waals surface area contributed by atoms with Crippen LogP contribution in [-0.4, -0.2) is 4.90 Å². The van der Waals surface area contributed by atoms with E-state index >= 15 is 0 Å². The third-order valence-corrected chi connectivity index (χ3v) is 3.48. The Morgan fingerprint density at radius 2 is 1.14 bits per heavy atom. The molecule has 0 aliphatic carbocycles. The van der Waals surface area contributed by atoms with Crippen LogP contribution in [0.15, 0.2) is 83.7 Å². The molecule has 0 aliphatic heterocycles. The van der Waals surface area contributed by atoms with Gasteiger partial charge >= 0.3 is 0 Å². The zero-order chi connectivity index (χ0) is 14.3. The van der Waals surface area contributed by atoms with E-state index in [1.54, 1.807) is 6.26 Å². The number of rotatable bonds is 6. The van der Waals surface area contributed by atoms with Gasteiger partial charge in [-0.25, -0.2) is 0 Å². The Bertz CT molecular complexity index is 590. The van der Waals surface area contributed by atoms with Gasteiger partial charge in [-0.3, -0.25) is 4.90 Å². The fraction of sp³-hybridized carbons (Fsp3) is 0.158. The van der Waals surface area contributed by atoms with Gasteiger partial charge in [0.25, 0.3) is 0 Å². The minimum Gasteiger partial charge on any atom is -0.472 e. The molecule has 0 radical (unpaired) electrons. The Kier molecular flexibility index (Phi) is 4.49. The van der Waals surface area contributed by atoms with Crippen LogP contribution in [0.5, 0.6) is 0 Å². The van der Waals surface area contributed by atoms with E-state index in [9.17, 15) is 0 Å². The van der Waals surface area contributed by atoms with Crippen LogP contribution in [0.2, 0.25) is 0 Å². The van der Waals surface area contributed by atoms with E-state index in [2.05, 4.69) is 65.6 Å². The van der Waals surface area contributed by atoms with Crippen molar-refractivity contribution in [2.45, 2.75) is 19.6 Å². The van der Waals surface area contributed by atoms with E-state index in [0.717, 1.165) is 19.6 Å². The molecule has 0 saturated heterocycles. The highest BCUT2D eigenvalue weighted by Gasteiger charge is 2.09. The number of benzene rings is 2. The Hall–Kier alpha value is -2.32. The lowest BCUT2D eigenvalue weighted by molar-refractivity contribution is 0.247. The van der Waals surface area contributed by atoms with E-state index in [4.69, 9.17) is 4.42 Å². The van der Waals surface area contributed by atoms with Crippen LogP contribution in [0.4, 0.5) is 0 Å². The number of nitrogens with zero attached hydrogens (tertiary/aromatic N) is 1. The van der Waals surface area contributed by atoms with Crippen molar-refractivity contribution in [2.24, 2.45) is 0 Å². The first kappa shape index (κ1) is 13.7. The van der Waals surface area contributed by atoms with Gasteiger partial charge in [-0.1, -0.05) is 60.7 Å². The number of hydrogen-bond donors (Lipinski definition) is 0. The van der Waals surface area contributed by atoms with Crippen LogP contribution in [0, 0.1) is 0 Å². The lowest BCUT2D eigenvalue weighted by atomic mass is 10.1. The zero-order valence-corrected chi connectivity index (χ0v) is 12.0. The summed E-state index contributed by atoms with van der Waals surface area (Å²) in [7, 11) is 0. The Balaban J connectivity index is 1.74. The maximum atomic E-state index is 5.19. The quantitative estimate of drug-likeness (QED) is 0.660. The third kappa shape index (κ3) is 4.07. The molecule has 21 heavy (non-hydrogen) atoms. The Morgan fingerprint density at radius 1 is 0.619 bits per heavy atom. The molecule has 0 unspecified atom stereocenters.